The fraction of sp³-hybridized carbons (Fsp3) is 0.200. The Hall–Kier alpha value is -4.50. The first kappa shape index (κ1) is 24.8. The molecule has 0 fully saturated rings. The van der Waals surface area contributed by atoms with Gasteiger partial charge in [-0.2, -0.15) is 0 Å². The molecule has 0 unspecified atom stereocenters. The SMILES string of the molecule is COc1cc(OCc2cccc(OCc3cc(C)cc(C)c3)c2)c2cc(-c3cn4nc(OC)sc4n3)oc2c1. The van der Waals surface area contributed by atoms with E-state index in [2.05, 4.69) is 42.1 Å². The van der Waals surface area contributed by atoms with Crippen LogP contribution in [0.1, 0.15) is 22.3 Å². The summed E-state index contributed by atoms with van der Waals surface area (Å²) in [6.07, 6.45) is 1.81. The number of rotatable bonds is 9. The summed E-state index contributed by atoms with van der Waals surface area (Å²) in [5.74, 6) is 2.70. The fourth-order valence-corrected chi connectivity index (χ4v) is 5.23. The van der Waals surface area contributed by atoms with Crippen LogP contribution in [0.3, 0.4) is 0 Å². The van der Waals surface area contributed by atoms with Crippen molar-refractivity contribution in [2.75, 3.05) is 14.2 Å². The van der Waals surface area contributed by atoms with E-state index in [0.717, 1.165) is 27.2 Å². The molecule has 0 atom stereocenters. The van der Waals surface area contributed by atoms with Gasteiger partial charge in [0.15, 0.2) is 5.76 Å². The maximum Gasteiger partial charge on any atom is 0.294 e. The maximum atomic E-state index is 6.27. The van der Waals surface area contributed by atoms with Crippen molar-refractivity contribution >= 4 is 27.3 Å². The predicted octanol–water partition coefficient (Wildman–Crippen LogP) is 7.00. The third-order valence-corrected chi connectivity index (χ3v) is 7.12. The zero-order chi connectivity index (χ0) is 26.9. The van der Waals surface area contributed by atoms with Crippen LogP contribution in [0.5, 0.6) is 22.4 Å². The van der Waals surface area contributed by atoms with Gasteiger partial charge in [0, 0.05) is 12.1 Å². The van der Waals surface area contributed by atoms with Crippen molar-refractivity contribution < 1.29 is 23.4 Å². The molecule has 6 aromatic rings. The van der Waals surface area contributed by atoms with E-state index in [1.165, 1.54) is 22.5 Å². The molecule has 0 bridgehead atoms. The molecule has 0 radical (unpaired) electrons. The summed E-state index contributed by atoms with van der Waals surface area (Å²) in [6, 6.07) is 20.0. The third kappa shape index (κ3) is 5.26. The molecular weight excluding hydrogens is 514 g/mol. The first-order valence-corrected chi connectivity index (χ1v) is 13.2. The minimum Gasteiger partial charge on any atom is -0.496 e. The molecular formula is C30H27N3O5S. The normalized spacial score (nSPS) is 11.3. The van der Waals surface area contributed by atoms with Crippen LogP contribution < -0.4 is 18.9 Å². The lowest BCUT2D eigenvalue weighted by molar-refractivity contribution is 0.296. The first-order valence-electron chi connectivity index (χ1n) is 12.4. The van der Waals surface area contributed by atoms with E-state index in [4.69, 9.17) is 23.4 Å². The van der Waals surface area contributed by atoms with E-state index in [9.17, 15) is 0 Å². The molecule has 0 saturated heterocycles. The third-order valence-electron chi connectivity index (χ3n) is 6.24. The highest BCUT2D eigenvalue weighted by atomic mass is 32.1. The van der Waals surface area contributed by atoms with E-state index < -0.39 is 0 Å². The Labute approximate surface area is 229 Å². The molecule has 198 valence electrons. The average molecular weight is 542 g/mol. The van der Waals surface area contributed by atoms with Crippen LogP contribution in [0.25, 0.3) is 27.4 Å². The van der Waals surface area contributed by atoms with Crippen LogP contribution in [0.4, 0.5) is 0 Å². The van der Waals surface area contributed by atoms with Gasteiger partial charge in [0.1, 0.15) is 41.7 Å². The average Bonchev–Trinajstić information content (AvgIpc) is 3.63. The Bertz CT molecular complexity index is 1730. The molecule has 39 heavy (non-hydrogen) atoms. The number of methoxy groups -OCH3 is 2. The van der Waals surface area contributed by atoms with Gasteiger partial charge >= 0.3 is 0 Å². The molecule has 3 aromatic heterocycles. The van der Waals surface area contributed by atoms with Crippen molar-refractivity contribution in [2.24, 2.45) is 0 Å². The lowest BCUT2D eigenvalue weighted by Gasteiger charge is -2.11. The van der Waals surface area contributed by atoms with Gasteiger partial charge < -0.3 is 23.4 Å². The highest BCUT2D eigenvalue weighted by Crippen LogP contribution is 2.37. The summed E-state index contributed by atoms with van der Waals surface area (Å²) in [4.78, 5) is 5.35. The summed E-state index contributed by atoms with van der Waals surface area (Å²) < 4.78 is 30.9. The minimum atomic E-state index is 0.355. The second-order valence-electron chi connectivity index (χ2n) is 9.29. The van der Waals surface area contributed by atoms with E-state index >= 15 is 0 Å². The largest absolute Gasteiger partial charge is 0.496 e. The fourth-order valence-electron chi connectivity index (χ4n) is 4.53. The number of hydrogen-bond donors (Lipinski definition) is 0. The Balaban J connectivity index is 1.21. The van der Waals surface area contributed by atoms with Crippen molar-refractivity contribution in [1.29, 1.82) is 0 Å². The summed E-state index contributed by atoms with van der Waals surface area (Å²) >= 11 is 1.36. The second-order valence-corrected chi connectivity index (χ2v) is 10.2. The summed E-state index contributed by atoms with van der Waals surface area (Å²) in [5, 5.41) is 5.72. The van der Waals surface area contributed by atoms with Gasteiger partial charge in [-0.1, -0.05) is 41.5 Å². The van der Waals surface area contributed by atoms with E-state index in [0.29, 0.717) is 46.9 Å². The first-order chi connectivity index (χ1) is 19.0. The zero-order valence-electron chi connectivity index (χ0n) is 22.1. The van der Waals surface area contributed by atoms with E-state index in [1.807, 2.05) is 48.7 Å². The number of benzene rings is 3. The molecule has 0 aliphatic carbocycles. The van der Waals surface area contributed by atoms with Gasteiger partial charge in [0.25, 0.3) is 5.19 Å². The number of aryl methyl sites for hydroxylation is 2. The van der Waals surface area contributed by atoms with Crippen LogP contribution in [0.2, 0.25) is 0 Å². The van der Waals surface area contributed by atoms with Gasteiger partial charge in [-0.15, -0.1) is 5.10 Å². The molecule has 6 rings (SSSR count). The van der Waals surface area contributed by atoms with Crippen molar-refractivity contribution in [2.45, 2.75) is 27.1 Å². The molecule has 0 spiro atoms. The molecule has 9 heteroatoms. The van der Waals surface area contributed by atoms with Crippen LogP contribution >= 0.6 is 11.3 Å². The van der Waals surface area contributed by atoms with Crippen LogP contribution in [0, 0.1) is 13.8 Å². The van der Waals surface area contributed by atoms with Gasteiger partial charge in [0.2, 0.25) is 4.96 Å². The van der Waals surface area contributed by atoms with E-state index in [-0.39, 0.29) is 0 Å². The highest BCUT2D eigenvalue weighted by Gasteiger charge is 2.17. The van der Waals surface area contributed by atoms with Crippen molar-refractivity contribution in [3.8, 4) is 33.9 Å². The van der Waals surface area contributed by atoms with Gasteiger partial charge in [-0.05, 0) is 54.5 Å². The molecule has 3 aromatic carbocycles. The molecule has 3 heterocycles. The van der Waals surface area contributed by atoms with Crippen molar-refractivity contribution in [1.82, 2.24) is 14.6 Å². The number of nitrogens with zero attached hydrogens (tertiary/aromatic N) is 3. The number of hydrogen-bond acceptors (Lipinski definition) is 8. The van der Waals surface area contributed by atoms with Crippen LogP contribution in [-0.4, -0.2) is 28.8 Å². The Kier molecular flexibility index (Phi) is 6.58. The lowest BCUT2D eigenvalue weighted by Crippen LogP contribution is -1.99. The quantitative estimate of drug-likeness (QED) is 0.195. The topological polar surface area (TPSA) is 80.2 Å². The zero-order valence-corrected chi connectivity index (χ0v) is 22.9. The van der Waals surface area contributed by atoms with Crippen LogP contribution in [-0.2, 0) is 13.2 Å². The summed E-state index contributed by atoms with van der Waals surface area (Å²) in [7, 11) is 3.21. The maximum absolute atomic E-state index is 6.27. The Morgan fingerprint density at radius 1 is 0.846 bits per heavy atom. The number of furan rings is 1. The standard InChI is InChI=1S/C30H27N3O5S/c1-18-8-19(2)10-21(9-18)17-36-22-7-5-6-20(11-22)16-37-26-12-23(34-3)13-27-24(26)14-28(38-27)25-15-33-29(31-25)39-30(32-33)35-4/h5-15H,16-17H2,1-4H3. The van der Waals surface area contributed by atoms with Gasteiger partial charge in [0.05, 0.1) is 25.8 Å². The minimum absolute atomic E-state index is 0.355. The Morgan fingerprint density at radius 3 is 2.44 bits per heavy atom. The van der Waals surface area contributed by atoms with E-state index in [1.54, 1.807) is 18.7 Å². The summed E-state index contributed by atoms with van der Waals surface area (Å²) in [5.41, 5.74) is 5.91. The monoisotopic (exact) mass is 541 g/mol. The number of aromatic nitrogens is 3. The van der Waals surface area contributed by atoms with Gasteiger partial charge in [-0.3, -0.25) is 0 Å². The number of imidazole rings is 1. The van der Waals surface area contributed by atoms with Crippen molar-refractivity contribution in [3.63, 3.8) is 0 Å². The Morgan fingerprint density at radius 2 is 1.67 bits per heavy atom. The lowest BCUT2D eigenvalue weighted by atomic mass is 10.1. The summed E-state index contributed by atoms with van der Waals surface area (Å²) in [6.45, 7) is 5.06. The molecule has 8 nitrogen and oxygen atoms in total. The van der Waals surface area contributed by atoms with Crippen LogP contribution in [0.15, 0.2) is 71.3 Å². The second kappa shape index (κ2) is 10.3. The molecule has 0 saturated carbocycles. The molecule has 0 aliphatic heterocycles. The molecule has 0 aliphatic rings. The van der Waals surface area contributed by atoms with Gasteiger partial charge in [-0.25, -0.2) is 9.50 Å². The smallest absolute Gasteiger partial charge is 0.294 e. The molecule has 0 N–H and O–H groups in total. The number of fused-ring (bicyclic) bond motifs is 2. The van der Waals surface area contributed by atoms with Crippen molar-refractivity contribution in [3.05, 3.63) is 89.1 Å². The molecule has 0 amide bonds. The predicted molar refractivity (Wildman–Crippen MR) is 150 cm³/mol. The highest BCUT2D eigenvalue weighted by molar-refractivity contribution is 7.18. The number of ether oxygens (including phenoxy) is 4.